The third-order valence-electron chi connectivity index (χ3n) is 3.62. The summed E-state index contributed by atoms with van der Waals surface area (Å²) in [6.45, 7) is 2.04. The van der Waals surface area contributed by atoms with E-state index in [9.17, 15) is 0 Å². The first kappa shape index (κ1) is 14.7. The Morgan fingerprint density at radius 3 is 2.67 bits per heavy atom. The Hall–Kier alpha value is -1.23. The molecule has 0 radical (unpaired) electrons. The second-order valence-electron chi connectivity index (χ2n) is 5.18. The summed E-state index contributed by atoms with van der Waals surface area (Å²) >= 11 is 5.26. The van der Waals surface area contributed by atoms with Crippen LogP contribution in [-0.2, 0) is 6.42 Å². The largest absolute Gasteiger partial charge is 0.313 e. The van der Waals surface area contributed by atoms with Crippen molar-refractivity contribution in [1.82, 2.24) is 10.3 Å². The summed E-state index contributed by atoms with van der Waals surface area (Å²) in [4.78, 5) is 4.57. The molecule has 4 heteroatoms. The van der Waals surface area contributed by atoms with Crippen molar-refractivity contribution in [1.29, 1.82) is 0 Å². The molecule has 3 rings (SSSR count). The number of halogens is 1. The van der Waals surface area contributed by atoms with Crippen LogP contribution < -0.4 is 5.32 Å². The standard InChI is InChI=1S/C17H17BrN2S/c1-11-10-21-17(20-11)9-16(19-2)14-4-3-13-8-15(18)6-5-12(13)7-14/h3-8,10,16,19H,9H2,1-2H3. The molecule has 3 aromatic rings. The van der Waals surface area contributed by atoms with Crippen LogP contribution in [0.25, 0.3) is 10.8 Å². The van der Waals surface area contributed by atoms with Crippen molar-refractivity contribution in [3.05, 3.63) is 62.5 Å². The second-order valence-corrected chi connectivity index (χ2v) is 7.04. The SMILES string of the molecule is CNC(Cc1nc(C)cs1)c1ccc2cc(Br)ccc2c1. The molecule has 0 spiro atoms. The number of fused-ring (bicyclic) bond motifs is 1. The van der Waals surface area contributed by atoms with Crippen LogP contribution in [-0.4, -0.2) is 12.0 Å². The van der Waals surface area contributed by atoms with E-state index in [1.807, 2.05) is 14.0 Å². The molecule has 21 heavy (non-hydrogen) atoms. The number of aryl methyl sites for hydroxylation is 1. The van der Waals surface area contributed by atoms with E-state index in [1.165, 1.54) is 21.3 Å². The fourth-order valence-corrected chi connectivity index (χ4v) is 3.71. The fourth-order valence-electron chi connectivity index (χ4n) is 2.51. The van der Waals surface area contributed by atoms with Gasteiger partial charge in [0.2, 0.25) is 0 Å². The molecule has 0 aliphatic heterocycles. The smallest absolute Gasteiger partial charge is 0.0947 e. The number of likely N-dealkylation sites (N-methyl/N-ethyl adjacent to an activating group) is 1. The Kier molecular flexibility index (Phi) is 4.38. The van der Waals surface area contributed by atoms with Crippen molar-refractivity contribution in [2.24, 2.45) is 0 Å². The first-order valence-electron chi connectivity index (χ1n) is 6.93. The van der Waals surface area contributed by atoms with Crippen molar-refractivity contribution in [2.45, 2.75) is 19.4 Å². The minimum absolute atomic E-state index is 0.295. The predicted molar refractivity (Wildman–Crippen MR) is 94.0 cm³/mol. The maximum absolute atomic E-state index is 4.57. The number of benzene rings is 2. The van der Waals surface area contributed by atoms with Gasteiger partial charge in [-0.3, -0.25) is 0 Å². The highest BCUT2D eigenvalue weighted by molar-refractivity contribution is 9.10. The Morgan fingerprint density at radius 1 is 1.19 bits per heavy atom. The van der Waals surface area contributed by atoms with Crippen LogP contribution >= 0.6 is 27.3 Å². The van der Waals surface area contributed by atoms with Gasteiger partial charge in [-0.1, -0.05) is 34.1 Å². The van der Waals surface area contributed by atoms with Gasteiger partial charge in [0.25, 0.3) is 0 Å². The van der Waals surface area contributed by atoms with Gasteiger partial charge in [0, 0.05) is 28.0 Å². The number of thiazole rings is 1. The first-order chi connectivity index (χ1) is 10.2. The lowest BCUT2D eigenvalue weighted by Crippen LogP contribution is -2.18. The molecule has 0 fully saturated rings. The highest BCUT2D eigenvalue weighted by Crippen LogP contribution is 2.26. The third-order valence-corrected chi connectivity index (χ3v) is 5.10. The third kappa shape index (κ3) is 3.34. The van der Waals surface area contributed by atoms with E-state index in [4.69, 9.17) is 0 Å². The Labute approximate surface area is 137 Å². The molecule has 1 aromatic heterocycles. The summed E-state index contributed by atoms with van der Waals surface area (Å²) < 4.78 is 1.12. The summed E-state index contributed by atoms with van der Waals surface area (Å²) in [6, 6.07) is 13.3. The van der Waals surface area contributed by atoms with Crippen molar-refractivity contribution in [3.63, 3.8) is 0 Å². The first-order valence-corrected chi connectivity index (χ1v) is 8.60. The van der Waals surface area contributed by atoms with Crippen molar-refractivity contribution in [3.8, 4) is 0 Å². The lowest BCUT2D eigenvalue weighted by atomic mass is 10.00. The van der Waals surface area contributed by atoms with Gasteiger partial charge in [0.05, 0.1) is 5.01 Å². The summed E-state index contributed by atoms with van der Waals surface area (Å²) in [5.41, 5.74) is 2.41. The van der Waals surface area contributed by atoms with Crippen LogP contribution in [0, 0.1) is 6.92 Å². The Balaban J connectivity index is 1.91. The van der Waals surface area contributed by atoms with Crippen LogP contribution in [0.2, 0.25) is 0 Å². The second kappa shape index (κ2) is 6.26. The van der Waals surface area contributed by atoms with Gasteiger partial charge in [-0.2, -0.15) is 0 Å². The van der Waals surface area contributed by atoms with Gasteiger partial charge in [-0.05, 0) is 48.5 Å². The summed E-state index contributed by atoms with van der Waals surface area (Å²) in [6.07, 6.45) is 0.928. The van der Waals surface area contributed by atoms with E-state index in [-0.39, 0.29) is 0 Å². The minimum Gasteiger partial charge on any atom is -0.313 e. The zero-order chi connectivity index (χ0) is 14.8. The van der Waals surface area contributed by atoms with E-state index in [0.717, 1.165) is 16.6 Å². The molecule has 0 aliphatic carbocycles. The van der Waals surface area contributed by atoms with Crippen LogP contribution in [0.5, 0.6) is 0 Å². The average molecular weight is 361 g/mol. The van der Waals surface area contributed by atoms with E-state index < -0.39 is 0 Å². The topological polar surface area (TPSA) is 24.9 Å². The van der Waals surface area contributed by atoms with E-state index in [0.29, 0.717) is 6.04 Å². The van der Waals surface area contributed by atoms with Gasteiger partial charge >= 0.3 is 0 Å². The molecule has 0 bridgehead atoms. The Morgan fingerprint density at radius 2 is 1.95 bits per heavy atom. The van der Waals surface area contributed by atoms with E-state index in [2.05, 4.69) is 68.0 Å². The molecule has 1 N–H and O–H groups in total. The molecule has 2 aromatic carbocycles. The van der Waals surface area contributed by atoms with Crippen LogP contribution in [0.3, 0.4) is 0 Å². The van der Waals surface area contributed by atoms with Crippen LogP contribution in [0.1, 0.15) is 22.3 Å². The number of nitrogens with one attached hydrogen (secondary N) is 1. The molecule has 0 saturated carbocycles. The maximum Gasteiger partial charge on any atom is 0.0947 e. The number of hydrogen-bond donors (Lipinski definition) is 1. The van der Waals surface area contributed by atoms with Gasteiger partial charge in [0.15, 0.2) is 0 Å². The number of rotatable bonds is 4. The lowest BCUT2D eigenvalue weighted by molar-refractivity contribution is 0.590. The fraction of sp³-hybridized carbons (Fsp3) is 0.235. The summed E-state index contributed by atoms with van der Waals surface area (Å²) in [7, 11) is 2.01. The van der Waals surface area contributed by atoms with Crippen LogP contribution in [0.4, 0.5) is 0 Å². The average Bonchev–Trinajstić information content (AvgIpc) is 2.89. The normalized spacial score (nSPS) is 12.7. The van der Waals surface area contributed by atoms with E-state index in [1.54, 1.807) is 11.3 Å². The quantitative estimate of drug-likeness (QED) is 0.717. The van der Waals surface area contributed by atoms with Crippen LogP contribution in [0.15, 0.2) is 46.3 Å². The van der Waals surface area contributed by atoms with Crippen molar-refractivity contribution in [2.75, 3.05) is 7.05 Å². The molecular formula is C17H17BrN2S. The van der Waals surface area contributed by atoms with Gasteiger partial charge in [-0.25, -0.2) is 4.98 Å². The number of hydrogen-bond acceptors (Lipinski definition) is 3. The highest BCUT2D eigenvalue weighted by atomic mass is 79.9. The van der Waals surface area contributed by atoms with Gasteiger partial charge < -0.3 is 5.32 Å². The molecule has 1 heterocycles. The van der Waals surface area contributed by atoms with Gasteiger partial charge in [0.1, 0.15) is 0 Å². The lowest BCUT2D eigenvalue weighted by Gasteiger charge is -2.16. The molecule has 108 valence electrons. The highest BCUT2D eigenvalue weighted by Gasteiger charge is 2.12. The zero-order valence-corrected chi connectivity index (χ0v) is 14.5. The number of aromatic nitrogens is 1. The molecule has 1 atom stereocenters. The molecule has 0 aliphatic rings. The molecular weight excluding hydrogens is 344 g/mol. The zero-order valence-electron chi connectivity index (χ0n) is 12.1. The number of nitrogens with zero attached hydrogens (tertiary/aromatic N) is 1. The predicted octanol–water partition coefficient (Wildman–Crippen LogP) is 4.87. The molecule has 2 nitrogen and oxygen atoms in total. The van der Waals surface area contributed by atoms with Gasteiger partial charge in [-0.15, -0.1) is 11.3 Å². The van der Waals surface area contributed by atoms with E-state index >= 15 is 0 Å². The van der Waals surface area contributed by atoms with Crippen molar-refractivity contribution >= 4 is 38.0 Å². The molecule has 0 amide bonds. The molecule has 1 unspecified atom stereocenters. The van der Waals surface area contributed by atoms with Crippen molar-refractivity contribution < 1.29 is 0 Å². The molecule has 0 saturated heterocycles. The monoisotopic (exact) mass is 360 g/mol. The minimum atomic E-state index is 0.295. The maximum atomic E-state index is 4.57. The Bertz CT molecular complexity index is 766. The summed E-state index contributed by atoms with van der Waals surface area (Å²) in [5.74, 6) is 0. The summed E-state index contributed by atoms with van der Waals surface area (Å²) in [5, 5.41) is 9.23.